The van der Waals surface area contributed by atoms with Crippen LogP contribution in [-0.4, -0.2) is 39.6 Å². The molecule has 2 aliphatic rings. The smallest absolute Gasteiger partial charge is 0.318 e. The number of urea groups is 1. The van der Waals surface area contributed by atoms with E-state index in [0.29, 0.717) is 13.0 Å². The Morgan fingerprint density at radius 2 is 2.33 bits per heavy atom. The van der Waals surface area contributed by atoms with Gasteiger partial charge in [-0.15, -0.1) is 0 Å². The highest BCUT2D eigenvalue weighted by Gasteiger charge is 2.51. The Hall–Kier alpha value is -2.11. The fraction of sp³-hybridized carbons (Fsp3) is 0.417. The van der Waals surface area contributed by atoms with E-state index in [1.165, 1.54) is 0 Å². The topological polar surface area (TPSA) is 82.5 Å². The number of carbonyl (C=O) groups excluding carboxylic acids is 1. The third-order valence-electron chi connectivity index (χ3n) is 3.46. The van der Waals surface area contributed by atoms with E-state index < -0.39 is 11.9 Å². The van der Waals surface area contributed by atoms with Gasteiger partial charge in [0.05, 0.1) is 17.7 Å². The molecule has 94 valence electrons. The summed E-state index contributed by atoms with van der Waals surface area (Å²) in [6.07, 6.45) is 2.24. The van der Waals surface area contributed by atoms with Gasteiger partial charge in [-0.25, -0.2) is 4.79 Å². The van der Waals surface area contributed by atoms with E-state index in [2.05, 4.69) is 10.3 Å². The molecule has 2 amide bonds. The minimum atomic E-state index is -0.825. The maximum atomic E-state index is 11.8. The van der Waals surface area contributed by atoms with Gasteiger partial charge in [0, 0.05) is 18.8 Å². The second-order valence-electron chi connectivity index (χ2n) is 4.66. The number of nitrogens with one attached hydrogen (secondary N) is 1. The van der Waals surface area contributed by atoms with Crippen LogP contribution in [0, 0.1) is 5.92 Å². The van der Waals surface area contributed by atoms with E-state index in [-0.39, 0.29) is 18.1 Å². The molecule has 6 nitrogen and oxygen atoms in total. The third kappa shape index (κ3) is 1.79. The fourth-order valence-corrected chi connectivity index (χ4v) is 2.38. The van der Waals surface area contributed by atoms with Gasteiger partial charge in [-0.2, -0.15) is 0 Å². The fourth-order valence-electron chi connectivity index (χ4n) is 2.38. The summed E-state index contributed by atoms with van der Waals surface area (Å²) in [7, 11) is 0. The Morgan fingerprint density at radius 1 is 1.50 bits per heavy atom. The number of carboxylic acid groups (broad SMARTS) is 1. The number of rotatable bonds is 3. The number of carboxylic acids is 1. The number of amides is 2. The predicted molar refractivity (Wildman–Crippen MR) is 61.7 cm³/mol. The molecule has 3 unspecified atom stereocenters. The molecule has 1 aromatic rings. The van der Waals surface area contributed by atoms with E-state index in [1.54, 1.807) is 11.1 Å². The first-order valence-corrected chi connectivity index (χ1v) is 5.87. The standard InChI is InChI=1S/C12H13N3O3/c16-11(17)7-5-10(7)15-6-9(14-12(15)18)8-3-1-2-4-13-8/h1-4,7,9-10H,5-6H2,(H,14,18)(H,16,17). The van der Waals surface area contributed by atoms with Crippen LogP contribution in [0.5, 0.6) is 0 Å². The van der Waals surface area contributed by atoms with Gasteiger partial charge < -0.3 is 15.3 Å². The van der Waals surface area contributed by atoms with Crippen LogP contribution in [-0.2, 0) is 4.79 Å². The van der Waals surface area contributed by atoms with Crippen LogP contribution >= 0.6 is 0 Å². The van der Waals surface area contributed by atoms with Gasteiger partial charge in [-0.3, -0.25) is 9.78 Å². The summed E-state index contributed by atoms with van der Waals surface area (Å²) in [5.41, 5.74) is 0.806. The Bertz CT molecular complexity index is 491. The zero-order valence-corrected chi connectivity index (χ0v) is 9.61. The summed E-state index contributed by atoms with van der Waals surface area (Å²) in [6.45, 7) is 0.490. The molecule has 6 heteroatoms. The number of aliphatic carboxylic acids is 1. The van der Waals surface area contributed by atoms with Crippen LogP contribution in [0.15, 0.2) is 24.4 Å². The molecular weight excluding hydrogens is 234 g/mol. The van der Waals surface area contributed by atoms with E-state index >= 15 is 0 Å². The minimum absolute atomic E-state index is 0.145. The van der Waals surface area contributed by atoms with Crippen molar-refractivity contribution in [3.05, 3.63) is 30.1 Å². The summed E-state index contributed by atoms with van der Waals surface area (Å²) >= 11 is 0. The molecule has 1 saturated carbocycles. The maximum absolute atomic E-state index is 11.8. The van der Waals surface area contributed by atoms with Crippen molar-refractivity contribution in [1.82, 2.24) is 15.2 Å². The van der Waals surface area contributed by atoms with Crippen molar-refractivity contribution in [2.45, 2.75) is 18.5 Å². The summed E-state index contributed by atoms with van der Waals surface area (Å²) in [5.74, 6) is -1.23. The van der Waals surface area contributed by atoms with Crippen LogP contribution < -0.4 is 5.32 Å². The highest BCUT2D eigenvalue weighted by atomic mass is 16.4. The third-order valence-corrected chi connectivity index (χ3v) is 3.46. The van der Waals surface area contributed by atoms with Gasteiger partial charge in [0.15, 0.2) is 0 Å². The molecule has 2 fully saturated rings. The number of hydrogen-bond donors (Lipinski definition) is 2. The van der Waals surface area contributed by atoms with Crippen molar-refractivity contribution in [3.8, 4) is 0 Å². The molecule has 3 rings (SSSR count). The number of pyridine rings is 1. The van der Waals surface area contributed by atoms with Crippen LogP contribution in [0.4, 0.5) is 4.79 Å². The zero-order valence-electron chi connectivity index (χ0n) is 9.61. The van der Waals surface area contributed by atoms with Gasteiger partial charge in [-0.05, 0) is 18.6 Å². The van der Waals surface area contributed by atoms with Gasteiger partial charge >= 0.3 is 12.0 Å². The van der Waals surface area contributed by atoms with Crippen LogP contribution in [0.3, 0.4) is 0 Å². The Balaban J connectivity index is 1.70. The largest absolute Gasteiger partial charge is 0.481 e. The van der Waals surface area contributed by atoms with E-state index in [1.807, 2.05) is 18.2 Å². The molecule has 0 aromatic carbocycles. The Labute approximate surface area is 104 Å². The lowest BCUT2D eigenvalue weighted by molar-refractivity contribution is -0.138. The lowest BCUT2D eigenvalue weighted by Crippen LogP contribution is -2.32. The highest BCUT2D eigenvalue weighted by Crippen LogP contribution is 2.38. The van der Waals surface area contributed by atoms with Gasteiger partial charge in [0.2, 0.25) is 0 Å². The molecule has 0 bridgehead atoms. The SMILES string of the molecule is O=C(O)C1CC1N1CC(c2ccccn2)NC1=O. The highest BCUT2D eigenvalue weighted by molar-refractivity contribution is 5.81. The Morgan fingerprint density at radius 3 is 2.94 bits per heavy atom. The van der Waals surface area contributed by atoms with Crippen molar-refractivity contribution >= 4 is 12.0 Å². The first-order valence-electron chi connectivity index (χ1n) is 5.87. The number of nitrogens with zero attached hydrogens (tertiary/aromatic N) is 2. The number of aromatic nitrogens is 1. The van der Waals surface area contributed by atoms with Crippen LogP contribution in [0.25, 0.3) is 0 Å². The molecule has 18 heavy (non-hydrogen) atoms. The molecule has 1 aliphatic carbocycles. The summed E-state index contributed by atoms with van der Waals surface area (Å²) in [6, 6.07) is 5.05. The van der Waals surface area contributed by atoms with Gasteiger partial charge in [0.25, 0.3) is 0 Å². The number of carbonyl (C=O) groups is 2. The summed E-state index contributed by atoms with van der Waals surface area (Å²) in [5, 5.41) is 11.7. The van der Waals surface area contributed by atoms with Crippen molar-refractivity contribution < 1.29 is 14.7 Å². The van der Waals surface area contributed by atoms with E-state index in [0.717, 1.165) is 5.69 Å². The van der Waals surface area contributed by atoms with E-state index in [9.17, 15) is 9.59 Å². The first-order chi connectivity index (χ1) is 8.66. The number of hydrogen-bond acceptors (Lipinski definition) is 3. The molecule has 3 atom stereocenters. The lowest BCUT2D eigenvalue weighted by Gasteiger charge is -2.13. The van der Waals surface area contributed by atoms with Crippen molar-refractivity contribution in [3.63, 3.8) is 0 Å². The van der Waals surface area contributed by atoms with E-state index in [4.69, 9.17) is 5.11 Å². The predicted octanol–water partition coefficient (Wildman–Crippen LogP) is 0.621. The molecule has 1 aromatic heterocycles. The average Bonchev–Trinajstić information content (AvgIpc) is 3.08. The van der Waals surface area contributed by atoms with Crippen molar-refractivity contribution in [1.29, 1.82) is 0 Å². The van der Waals surface area contributed by atoms with Gasteiger partial charge in [0.1, 0.15) is 0 Å². The van der Waals surface area contributed by atoms with Crippen LogP contribution in [0.2, 0.25) is 0 Å². The lowest BCUT2D eigenvalue weighted by atomic mass is 10.2. The molecule has 2 N–H and O–H groups in total. The second kappa shape index (κ2) is 3.97. The maximum Gasteiger partial charge on any atom is 0.318 e. The quantitative estimate of drug-likeness (QED) is 0.820. The Kier molecular flexibility index (Phi) is 2.43. The molecule has 2 heterocycles. The van der Waals surface area contributed by atoms with Crippen molar-refractivity contribution in [2.75, 3.05) is 6.54 Å². The van der Waals surface area contributed by atoms with Gasteiger partial charge in [-0.1, -0.05) is 6.07 Å². The second-order valence-corrected chi connectivity index (χ2v) is 4.66. The molecule has 1 aliphatic heterocycles. The molecule has 0 spiro atoms. The average molecular weight is 247 g/mol. The monoisotopic (exact) mass is 247 g/mol. The normalized spacial score (nSPS) is 30.1. The zero-order chi connectivity index (χ0) is 12.7. The first kappa shape index (κ1) is 11.0. The van der Waals surface area contributed by atoms with Crippen molar-refractivity contribution in [2.24, 2.45) is 5.92 Å². The molecular formula is C12H13N3O3. The molecule has 0 radical (unpaired) electrons. The van der Waals surface area contributed by atoms with Crippen LogP contribution in [0.1, 0.15) is 18.2 Å². The molecule has 1 saturated heterocycles. The summed E-state index contributed by atoms with van der Waals surface area (Å²) in [4.78, 5) is 28.4. The summed E-state index contributed by atoms with van der Waals surface area (Å²) < 4.78 is 0. The minimum Gasteiger partial charge on any atom is -0.481 e.